The Morgan fingerprint density at radius 2 is 1.64 bits per heavy atom. The van der Waals surface area contributed by atoms with Crippen LogP contribution >= 0.6 is 0 Å². The van der Waals surface area contributed by atoms with Crippen molar-refractivity contribution in [3.8, 4) is 11.5 Å². The van der Waals surface area contributed by atoms with Gasteiger partial charge in [0.25, 0.3) is 0 Å². The van der Waals surface area contributed by atoms with Gasteiger partial charge in [-0.15, -0.1) is 0 Å². The molecule has 0 fully saturated rings. The first-order chi connectivity index (χ1) is 17.5. The van der Waals surface area contributed by atoms with Gasteiger partial charge in [-0.2, -0.15) is 0 Å². The number of methoxy groups -OCH3 is 1. The Labute approximate surface area is 207 Å². The maximum Gasteiger partial charge on any atom is 0.407 e. The molecule has 0 saturated heterocycles. The number of nitrogens with one attached hydrogen (secondary N) is 1. The predicted octanol–water partition coefficient (Wildman–Crippen LogP) is 5.35. The molecule has 0 unspecified atom stereocenters. The second-order valence-electron chi connectivity index (χ2n) is 8.23. The molecule has 0 radical (unpaired) electrons. The lowest BCUT2D eigenvalue weighted by Crippen LogP contribution is -2.25. The average Bonchev–Trinajstić information content (AvgIpc) is 2.89. The molecule has 0 spiro atoms. The zero-order valence-corrected chi connectivity index (χ0v) is 20.0. The summed E-state index contributed by atoms with van der Waals surface area (Å²) >= 11 is 0. The zero-order valence-electron chi connectivity index (χ0n) is 20.0. The number of rotatable bonds is 10. The number of carbonyl (C=O) groups is 2. The molecule has 4 rings (SSSR count). The number of fused-ring (bicyclic) bond motifs is 3. The lowest BCUT2D eigenvalue weighted by Gasteiger charge is -2.08. The summed E-state index contributed by atoms with van der Waals surface area (Å²) in [5, 5.41) is 4.59. The van der Waals surface area contributed by atoms with E-state index in [0.717, 1.165) is 22.8 Å². The first-order valence-electron chi connectivity index (χ1n) is 11.7. The SMILES string of the molecule is COc1ccc2c(c1)c(=O)oc1cc(OC(=O)CCCCCNC(=O)OCc3ccccc3)ccc12. The van der Waals surface area contributed by atoms with Crippen molar-refractivity contribution in [3.63, 3.8) is 0 Å². The van der Waals surface area contributed by atoms with E-state index < -0.39 is 11.7 Å². The third kappa shape index (κ3) is 6.41. The van der Waals surface area contributed by atoms with Crippen molar-refractivity contribution < 1.29 is 28.2 Å². The molecule has 0 bridgehead atoms. The normalized spacial score (nSPS) is 10.8. The Morgan fingerprint density at radius 3 is 2.44 bits per heavy atom. The smallest absolute Gasteiger partial charge is 0.407 e. The van der Waals surface area contributed by atoms with Crippen molar-refractivity contribution >= 4 is 33.8 Å². The quantitative estimate of drug-likeness (QED) is 0.105. The molecule has 8 heteroatoms. The fourth-order valence-electron chi connectivity index (χ4n) is 3.80. The first kappa shape index (κ1) is 24.8. The van der Waals surface area contributed by atoms with Crippen LogP contribution in [0.4, 0.5) is 4.79 Å². The minimum Gasteiger partial charge on any atom is -0.497 e. The number of esters is 1. The van der Waals surface area contributed by atoms with E-state index in [1.54, 1.807) is 36.4 Å². The molecule has 1 amide bonds. The van der Waals surface area contributed by atoms with Crippen molar-refractivity contribution in [1.29, 1.82) is 0 Å². The van der Waals surface area contributed by atoms with E-state index in [1.165, 1.54) is 7.11 Å². The van der Waals surface area contributed by atoms with Crippen LogP contribution in [0, 0.1) is 0 Å². The van der Waals surface area contributed by atoms with Crippen LogP contribution in [0.1, 0.15) is 31.2 Å². The second kappa shape index (κ2) is 11.9. The van der Waals surface area contributed by atoms with Gasteiger partial charge in [0.1, 0.15) is 23.7 Å². The van der Waals surface area contributed by atoms with Crippen molar-refractivity contribution in [2.45, 2.75) is 32.3 Å². The van der Waals surface area contributed by atoms with E-state index in [1.807, 2.05) is 30.3 Å². The first-order valence-corrected chi connectivity index (χ1v) is 11.7. The van der Waals surface area contributed by atoms with Gasteiger partial charge in [-0.1, -0.05) is 36.8 Å². The predicted molar refractivity (Wildman–Crippen MR) is 135 cm³/mol. The van der Waals surface area contributed by atoms with Gasteiger partial charge in [-0.05, 0) is 48.7 Å². The molecule has 1 heterocycles. The highest BCUT2D eigenvalue weighted by Gasteiger charge is 2.11. The molecule has 0 aliphatic rings. The van der Waals surface area contributed by atoms with E-state index in [0.29, 0.717) is 41.9 Å². The molecule has 36 heavy (non-hydrogen) atoms. The number of unbranched alkanes of at least 4 members (excludes halogenated alkanes) is 2. The maximum atomic E-state index is 12.4. The number of hydrogen-bond donors (Lipinski definition) is 1. The van der Waals surface area contributed by atoms with Gasteiger partial charge in [-0.3, -0.25) is 4.79 Å². The van der Waals surface area contributed by atoms with Crippen LogP contribution in [0.25, 0.3) is 21.7 Å². The summed E-state index contributed by atoms with van der Waals surface area (Å²) < 4.78 is 21.2. The highest BCUT2D eigenvalue weighted by molar-refractivity contribution is 6.05. The average molecular weight is 490 g/mol. The molecule has 0 saturated carbocycles. The third-order valence-electron chi connectivity index (χ3n) is 5.66. The van der Waals surface area contributed by atoms with Gasteiger partial charge in [0.05, 0.1) is 12.5 Å². The molecular weight excluding hydrogens is 462 g/mol. The van der Waals surface area contributed by atoms with Crippen LogP contribution in [0.5, 0.6) is 11.5 Å². The molecule has 1 aromatic heterocycles. The number of carbonyl (C=O) groups excluding carboxylic acids is 2. The number of alkyl carbamates (subject to hydrolysis) is 1. The molecule has 8 nitrogen and oxygen atoms in total. The molecule has 4 aromatic rings. The molecular formula is C28H27NO7. The molecule has 1 N–H and O–H groups in total. The topological polar surface area (TPSA) is 104 Å². The minimum atomic E-state index is -0.488. The highest BCUT2D eigenvalue weighted by Crippen LogP contribution is 2.28. The molecule has 0 aliphatic carbocycles. The summed E-state index contributed by atoms with van der Waals surface area (Å²) in [6.07, 6.45) is 1.85. The summed E-state index contributed by atoms with van der Waals surface area (Å²) in [5.41, 5.74) is 0.777. The highest BCUT2D eigenvalue weighted by atomic mass is 16.5. The van der Waals surface area contributed by atoms with E-state index in [-0.39, 0.29) is 19.0 Å². The number of ether oxygens (including phenoxy) is 3. The summed E-state index contributed by atoms with van der Waals surface area (Å²) in [5.74, 6) is 0.502. The van der Waals surface area contributed by atoms with Crippen molar-refractivity contribution in [3.05, 3.63) is 82.7 Å². The van der Waals surface area contributed by atoms with Crippen LogP contribution in [-0.2, 0) is 16.1 Å². The second-order valence-corrected chi connectivity index (χ2v) is 8.23. The van der Waals surface area contributed by atoms with Crippen LogP contribution in [-0.4, -0.2) is 25.7 Å². The van der Waals surface area contributed by atoms with E-state index in [4.69, 9.17) is 18.6 Å². The minimum absolute atomic E-state index is 0.224. The van der Waals surface area contributed by atoms with Crippen LogP contribution in [0.3, 0.4) is 0 Å². The number of amides is 1. The van der Waals surface area contributed by atoms with Gasteiger partial charge in [0.2, 0.25) is 0 Å². The Hall–Kier alpha value is -4.33. The molecule has 0 atom stereocenters. The van der Waals surface area contributed by atoms with Crippen LogP contribution < -0.4 is 20.4 Å². The zero-order chi connectivity index (χ0) is 25.3. The van der Waals surface area contributed by atoms with E-state index >= 15 is 0 Å². The Kier molecular flexibility index (Phi) is 8.18. The lowest BCUT2D eigenvalue weighted by atomic mass is 10.1. The van der Waals surface area contributed by atoms with E-state index in [2.05, 4.69) is 5.32 Å². The molecule has 3 aromatic carbocycles. The van der Waals surface area contributed by atoms with Crippen molar-refractivity contribution in [1.82, 2.24) is 5.32 Å². The fourth-order valence-corrected chi connectivity index (χ4v) is 3.80. The van der Waals surface area contributed by atoms with E-state index in [9.17, 15) is 14.4 Å². The number of hydrogen-bond acceptors (Lipinski definition) is 7. The van der Waals surface area contributed by atoms with Crippen LogP contribution in [0.2, 0.25) is 0 Å². The Bertz CT molecular complexity index is 1410. The summed E-state index contributed by atoms with van der Waals surface area (Å²) in [4.78, 5) is 36.4. The van der Waals surface area contributed by atoms with Crippen LogP contribution in [0.15, 0.2) is 75.9 Å². The lowest BCUT2D eigenvalue weighted by molar-refractivity contribution is -0.134. The Morgan fingerprint density at radius 1 is 0.861 bits per heavy atom. The maximum absolute atomic E-state index is 12.4. The third-order valence-corrected chi connectivity index (χ3v) is 5.66. The van der Waals surface area contributed by atoms with Gasteiger partial charge in [0.15, 0.2) is 0 Å². The van der Waals surface area contributed by atoms with Gasteiger partial charge < -0.3 is 23.9 Å². The van der Waals surface area contributed by atoms with Gasteiger partial charge in [0, 0.05) is 29.8 Å². The summed E-state index contributed by atoms with van der Waals surface area (Å²) in [7, 11) is 1.53. The van der Waals surface area contributed by atoms with Crippen molar-refractivity contribution in [2.75, 3.05) is 13.7 Å². The largest absolute Gasteiger partial charge is 0.497 e. The molecule has 0 aliphatic heterocycles. The number of benzene rings is 3. The summed E-state index contributed by atoms with van der Waals surface area (Å²) in [6, 6.07) is 19.7. The fraction of sp³-hybridized carbons (Fsp3) is 0.250. The summed E-state index contributed by atoms with van der Waals surface area (Å²) in [6.45, 7) is 0.688. The monoisotopic (exact) mass is 489 g/mol. The standard InChI is InChI=1S/C28H27NO7/c1-33-20-11-13-22-23-14-12-21(17-25(23)36-27(31)24(22)16-20)35-26(30)10-6-3-7-15-29-28(32)34-18-19-8-4-2-5-9-19/h2,4-5,8-9,11-14,16-17H,3,6-7,10,15,18H2,1H3,(H,29,32). The Balaban J connectivity index is 1.20. The molecule has 186 valence electrons. The van der Waals surface area contributed by atoms with Gasteiger partial charge >= 0.3 is 17.7 Å². The van der Waals surface area contributed by atoms with Gasteiger partial charge in [-0.25, -0.2) is 9.59 Å². The van der Waals surface area contributed by atoms with Crippen molar-refractivity contribution in [2.24, 2.45) is 0 Å².